The molecule has 1 aromatic rings. The maximum Gasteiger partial charge on any atom is 0.357 e. The highest BCUT2D eigenvalue weighted by molar-refractivity contribution is 5.87. The third-order valence-corrected chi connectivity index (χ3v) is 16.6. The van der Waals surface area contributed by atoms with Gasteiger partial charge in [0.2, 0.25) is 5.95 Å². The Morgan fingerprint density at radius 2 is 1.65 bits per heavy atom. The van der Waals surface area contributed by atoms with Gasteiger partial charge in [-0.1, -0.05) is 66.2 Å². The lowest BCUT2D eigenvalue weighted by Gasteiger charge is -2.71. The minimum absolute atomic E-state index is 0.0405. The summed E-state index contributed by atoms with van der Waals surface area (Å²) in [7, 11) is 1.81. The van der Waals surface area contributed by atoms with E-state index in [-0.39, 0.29) is 44.3 Å². The van der Waals surface area contributed by atoms with Crippen molar-refractivity contribution in [1.82, 2.24) is 4.98 Å². The number of ketones is 1. The van der Waals surface area contributed by atoms with E-state index in [2.05, 4.69) is 59.5 Å². The summed E-state index contributed by atoms with van der Waals surface area (Å²) in [5, 5.41) is 0. The van der Waals surface area contributed by atoms with E-state index in [4.69, 9.17) is 9.47 Å². The summed E-state index contributed by atoms with van der Waals surface area (Å²) in [5.41, 5.74) is 1.83. The van der Waals surface area contributed by atoms with Gasteiger partial charge in [0.15, 0.2) is 5.69 Å². The van der Waals surface area contributed by atoms with Crippen molar-refractivity contribution in [2.45, 2.75) is 151 Å². The van der Waals surface area contributed by atoms with Gasteiger partial charge in [-0.25, -0.2) is 9.78 Å². The summed E-state index contributed by atoms with van der Waals surface area (Å²) in [6.07, 6.45) is 17.4. The van der Waals surface area contributed by atoms with Crippen molar-refractivity contribution in [1.29, 1.82) is 0 Å². The van der Waals surface area contributed by atoms with Crippen LogP contribution in [0.3, 0.4) is 0 Å². The summed E-state index contributed by atoms with van der Waals surface area (Å²) in [4.78, 5) is 31.4. The molecule has 0 aromatic carbocycles. The number of halogens is 1. The number of carbonyl (C=O) groups excluding carboxylic acids is 2. The lowest BCUT2D eigenvalue weighted by molar-refractivity contribution is -0.204. The predicted octanol–water partition coefficient (Wildman–Crippen LogP) is 10.3. The molecule has 49 heavy (non-hydrogen) atoms. The quantitative estimate of drug-likeness (QED) is 0.164. The second-order valence-electron chi connectivity index (χ2n) is 19.6. The summed E-state index contributed by atoms with van der Waals surface area (Å²) in [6.45, 7) is 17.2. The van der Waals surface area contributed by atoms with E-state index < -0.39 is 11.9 Å². The predicted molar refractivity (Wildman–Crippen MR) is 190 cm³/mol. The molecule has 5 nitrogen and oxygen atoms in total. The number of Topliss-reactive ketones (excluding diaryl/α,β-unsaturated/α-hetero) is 1. The maximum atomic E-state index is 14.5. The van der Waals surface area contributed by atoms with Crippen molar-refractivity contribution in [2.75, 3.05) is 7.11 Å². The monoisotopic (exact) mass is 675 g/mol. The topological polar surface area (TPSA) is 65.5 Å². The molecule has 6 aliphatic carbocycles. The van der Waals surface area contributed by atoms with Crippen LogP contribution >= 0.6 is 0 Å². The first-order chi connectivity index (χ1) is 23.0. The summed E-state index contributed by atoms with van der Waals surface area (Å²) in [5.74, 6) is 1.30. The molecule has 1 aromatic heterocycles. The highest BCUT2D eigenvalue weighted by Gasteiger charge is 2.69. The zero-order valence-electron chi connectivity index (χ0n) is 31.6. The first-order valence-corrected chi connectivity index (χ1v) is 19.6. The third kappa shape index (κ3) is 5.41. The molecule has 6 heteroatoms. The fraction of sp³-hybridized carbons (Fsp3) is 0.791. The normalized spacial score (nSPS) is 43.4. The molecule has 0 saturated heterocycles. The number of nitrogens with zero attached hydrogens (tertiary/aromatic N) is 1. The molecule has 0 radical (unpaired) electrons. The largest absolute Gasteiger partial charge is 0.457 e. The van der Waals surface area contributed by atoms with Crippen LogP contribution < -0.4 is 0 Å². The van der Waals surface area contributed by atoms with E-state index in [0.717, 1.165) is 89.9 Å². The van der Waals surface area contributed by atoms with Crippen LogP contribution in [0.4, 0.5) is 4.39 Å². The van der Waals surface area contributed by atoms with E-state index in [0.29, 0.717) is 35.6 Å². The van der Waals surface area contributed by atoms with E-state index in [1.54, 1.807) is 5.57 Å². The number of ether oxygens (including phenoxy) is 2. The Morgan fingerprint density at radius 3 is 2.37 bits per heavy atom. The van der Waals surface area contributed by atoms with Gasteiger partial charge in [-0.2, -0.15) is 4.39 Å². The van der Waals surface area contributed by atoms with Crippen molar-refractivity contribution in [3.63, 3.8) is 0 Å². The van der Waals surface area contributed by atoms with Gasteiger partial charge in [-0.05, 0) is 141 Å². The molecule has 0 unspecified atom stereocenters. The molecule has 5 saturated carbocycles. The van der Waals surface area contributed by atoms with E-state index in [1.165, 1.54) is 18.2 Å². The van der Waals surface area contributed by atoms with Gasteiger partial charge in [0, 0.05) is 24.4 Å². The van der Waals surface area contributed by atoms with Gasteiger partial charge in [0.25, 0.3) is 0 Å². The van der Waals surface area contributed by atoms with Gasteiger partial charge >= 0.3 is 5.97 Å². The second kappa shape index (κ2) is 12.0. The SMILES string of the molecule is COC1CC(CCC(=O)[C@]23CCC(C)(C)C[C@H]2C2=CC[C@@H]4[C@@]5(C)CC[C@H](OC(=O)c6cccc(F)n6)C(C)(C)[C@@H]5CC[C@@]4(C)[C@]2(C)CC3)C1. The molecule has 5 fully saturated rings. The highest BCUT2D eigenvalue weighted by Crippen LogP contribution is 2.76. The first-order valence-electron chi connectivity index (χ1n) is 19.6. The van der Waals surface area contributed by atoms with Crippen molar-refractivity contribution in [3.05, 3.63) is 41.5 Å². The molecule has 0 N–H and O–H groups in total. The van der Waals surface area contributed by atoms with Crippen LogP contribution in [-0.2, 0) is 14.3 Å². The average molecular weight is 676 g/mol. The molecule has 8 atom stereocenters. The van der Waals surface area contributed by atoms with Gasteiger partial charge in [-0.15, -0.1) is 0 Å². The third-order valence-electron chi connectivity index (χ3n) is 16.6. The van der Waals surface area contributed by atoms with Crippen molar-refractivity contribution in [2.24, 2.45) is 56.2 Å². The Kier molecular flexibility index (Phi) is 8.64. The molecule has 0 aliphatic heterocycles. The lowest BCUT2D eigenvalue weighted by atomic mass is 9.33. The van der Waals surface area contributed by atoms with Crippen LogP contribution in [-0.4, -0.2) is 36.1 Å². The second-order valence-corrected chi connectivity index (χ2v) is 19.6. The average Bonchev–Trinajstić information content (AvgIpc) is 3.01. The van der Waals surface area contributed by atoms with Gasteiger partial charge in [0.1, 0.15) is 11.9 Å². The van der Waals surface area contributed by atoms with Crippen molar-refractivity contribution < 1.29 is 23.5 Å². The van der Waals surface area contributed by atoms with Crippen molar-refractivity contribution >= 4 is 11.8 Å². The number of rotatable bonds is 7. The number of carbonyl (C=O) groups is 2. The van der Waals surface area contributed by atoms with E-state index in [1.807, 2.05) is 7.11 Å². The molecular weight excluding hydrogens is 613 g/mol. The number of methoxy groups -OCH3 is 1. The maximum absolute atomic E-state index is 14.5. The molecule has 6 aliphatic rings. The lowest BCUT2D eigenvalue weighted by Crippen LogP contribution is -2.65. The molecular formula is C43H62FNO4. The van der Waals surface area contributed by atoms with Crippen molar-refractivity contribution in [3.8, 4) is 0 Å². The Morgan fingerprint density at radius 1 is 0.918 bits per heavy atom. The van der Waals surface area contributed by atoms with E-state index in [9.17, 15) is 14.0 Å². The molecule has 0 amide bonds. The van der Waals surface area contributed by atoms with Crippen LogP contribution in [0.2, 0.25) is 0 Å². The molecule has 7 rings (SSSR count). The fourth-order valence-electron chi connectivity index (χ4n) is 13.3. The zero-order chi connectivity index (χ0) is 35.2. The minimum atomic E-state index is -0.662. The van der Waals surface area contributed by atoms with Crippen LogP contribution in [0.25, 0.3) is 0 Å². The highest BCUT2D eigenvalue weighted by atomic mass is 19.1. The Bertz CT molecular complexity index is 1510. The number of hydrogen-bond acceptors (Lipinski definition) is 5. The van der Waals surface area contributed by atoms with Crippen LogP contribution in [0, 0.1) is 62.1 Å². The smallest absolute Gasteiger partial charge is 0.357 e. The molecule has 270 valence electrons. The van der Waals surface area contributed by atoms with Crippen LogP contribution in [0.5, 0.6) is 0 Å². The standard InChI is InChI=1S/C43H62FNO4/c1-38(2)20-22-43(34(46)15-12-27-24-28(25-27)48-8)23-21-41(6)29(30(43)26-38)13-14-33-40(5)18-17-35(39(3,4)32(40)16-19-42(33,41)7)49-37(47)31-10-9-11-36(44)45-31/h9-11,13,27-28,30,32-33,35H,12,14-26H2,1-8H3/t27?,28?,30-,32-,33+,35-,40-,41+,42+,43-/m0/s1. The molecule has 0 bridgehead atoms. The van der Waals surface area contributed by atoms with Crippen LogP contribution in [0.1, 0.15) is 149 Å². The Hall–Kier alpha value is -2.08. The molecule has 1 heterocycles. The van der Waals surface area contributed by atoms with Crippen LogP contribution in [0.15, 0.2) is 29.8 Å². The number of fused-ring (bicyclic) bond motifs is 7. The van der Waals surface area contributed by atoms with Gasteiger partial charge in [0.05, 0.1) is 6.10 Å². The number of hydrogen-bond donors (Lipinski definition) is 0. The number of aromatic nitrogens is 1. The number of pyridine rings is 1. The first kappa shape index (κ1) is 35.3. The summed E-state index contributed by atoms with van der Waals surface area (Å²) in [6, 6.07) is 4.31. The van der Waals surface area contributed by atoms with E-state index >= 15 is 0 Å². The summed E-state index contributed by atoms with van der Waals surface area (Å²) >= 11 is 0. The number of esters is 1. The Labute approximate surface area is 295 Å². The molecule has 0 spiro atoms. The van der Waals surface area contributed by atoms with Gasteiger partial charge < -0.3 is 9.47 Å². The fourth-order valence-corrected chi connectivity index (χ4v) is 13.3. The number of allylic oxidation sites excluding steroid dienone is 2. The Balaban J connectivity index is 1.15. The zero-order valence-corrected chi connectivity index (χ0v) is 31.6. The minimum Gasteiger partial charge on any atom is -0.457 e. The van der Waals surface area contributed by atoms with Gasteiger partial charge in [-0.3, -0.25) is 4.79 Å². The summed E-state index contributed by atoms with van der Waals surface area (Å²) < 4.78 is 25.5.